The summed E-state index contributed by atoms with van der Waals surface area (Å²) in [6.45, 7) is 1.86. The molecule has 7 nitrogen and oxygen atoms in total. The van der Waals surface area contributed by atoms with E-state index in [4.69, 9.17) is 16.7 Å². The number of carbonyl (C=O) groups excluding carboxylic acids is 1. The molecule has 2 aliphatic heterocycles. The summed E-state index contributed by atoms with van der Waals surface area (Å²) in [6, 6.07) is 5.03. The lowest BCUT2D eigenvalue weighted by Crippen LogP contribution is -2.37. The topological polar surface area (TPSA) is 104 Å². The second-order valence-corrected chi connectivity index (χ2v) is 10.1. The fourth-order valence-electron chi connectivity index (χ4n) is 2.97. The molecule has 1 aromatic carbocycles. The van der Waals surface area contributed by atoms with Gasteiger partial charge in [-0.2, -0.15) is 4.99 Å². The monoisotopic (exact) mass is 416 g/mol. The van der Waals surface area contributed by atoms with E-state index < -0.39 is 21.7 Å². The first-order valence-electron chi connectivity index (χ1n) is 7.92. The first-order chi connectivity index (χ1) is 12.2. The quantitative estimate of drug-likeness (QED) is 0.801. The summed E-state index contributed by atoms with van der Waals surface area (Å²) >= 11 is 7.45. The van der Waals surface area contributed by atoms with Gasteiger partial charge < -0.3 is 10.0 Å². The van der Waals surface area contributed by atoms with Gasteiger partial charge >= 0.3 is 5.97 Å². The summed E-state index contributed by atoms with van der Waals surface area (Å²) in [5.74, 6) is -1.59. The smallest absolute Gasteiger partial charge is 0.303 e. The van der Waals surface area contributed by atoms with Gasteiger partial charge in [0, 0.05) is 22.4 Å². The van der Waals surface area contributed by atoms with Crippen molar-refractivity contribution in [3.05, 3.63) is 28.8 Å². The number of hydrogen-bond acceptors (Lipinski definition) is 5. The third kappa shape index (κ3) is 4.05. The number of amidine groups is 1. The molecular weight excluding hydrogens is 400 g/mol. The normalized spacial score (nSPS) is 25.5. The summed E-state index contributed by atoms with van der Waals surface area (Å²) in [4.78, 5) is 28.4. The molecule has 2 saturated heterocycles. The second kappa shape index (κ2) is 7.21. The van der Waals surface area contributed by atoms with E-state index in [1.807, 2.05) is 19.1 Å². The van der Waals surface area contributed by atoms with Gasteiger partial charge in [-0.05, 0) is 24.6 Å². The molecule has 10 heteroatoms. The maximum absolute atomic E-state index is 12.0. The average molecular weight is 417 g/mol. The van der Waals surface area contributed by atoms with Crippen molar-refractivity contribution in [2.24, 2.45) is 4.99 Å². The van der Waals surface area contributed by atoms with Crippen LogP contribution in [0, 0.1) is 6.92 Å². The largest absolute Gasteiger partial charge is 0.481 e. The zero-order chi connectivity index (χ0) is 19.1. The van der Waals surface area contributed by atoms with E-state index in [1.54, 1.807) is 11.0 Å². The van der Waals surface area contributed by atoms with E-state index in [0.29, 0.717) is 15.9 Å². The number of rotatable bonds is 4. The molecule has 0 aliphatic carbocycles. The van der Waals surface area contributed by atoms with Gasteiger partial charge in [0.15, 0.2) is 15.0 Å². The number of carbonyl (C=O) groups is 2. The molecule has 3 rings (SSSR count). The molecule has 1 N–H and O–H groups in total. The van der Waals surface area contributed by atoms with Crippen molar-refractivity contribution in [2.45, 2.75) is 31.1 Å². The predicted octanol–water partition coefficient (Wildman–Crippen LogP) is 2.11. The Morgan fingerprint density at radius 2 is 2.08 bits per heavy atom. The molecule has 0 radical (unpaired) electrons. The lowest BCUT2D eigenvalue weighted by molar-refractivity contribution is -0.138. The van der Waals surface area contributed by atoms with Crippen molar-refractivity contribution in [3.63, 3.8) is 0 Å². The number of amides is 1. The number of aryl methyl sites for hydroxylation is 1. The molecule has 2 aliphatic rings. The number of thioether (sulfide) groups is 1. The molecule has 2 fully saturated rings. The van der Waals surface area contributed by atoms with Crippen LogP contribution in [0.3, 0.4) is 0 Å². The van der Waals surface area contributed by atoms with Crippen molar-refractivity contribution in [1.82, 2.24) is 0 Å². The zero-order valence-corrected chi connectivity index (χ0v) is 16.3. The van der Waals surface area contributed by atoms with Crippen molar-refractivity contribution >= 4 is 55.9 Å². The summed E-state index contributed by atoms with van der Waals surface area (Å²) in [7, 11) is -3.15. The summed E-state index contributed by atoms with van der Waals surface area (Å²) in [5.41, 5.74) is 1.55. The van der Waals surface area contributed by atoms with E-state index in [2.05, 4.69) is 4.99 Å². The van der Waals surface area contributed by atoms with E-state index in [9.17, 15) is 18.0 Å². The number of fused-ring (bicyclic) bond motifs is 1. The molecule has 0 unspecified atom stereocenters. The van der Waals surface area contributed by atoms with Gasteiger partial charge in [0.1, 0.15) is 0 Å². The van der Waals surface area contributed by atoms with E-state index >= 15 is 0 Å². The standard InChI is InChI=1S/C16H17ClN2O5S2/c1-9-2-3-10(6-11(9)17)19-12-7-26(23,24)8-13(12)25-16(19)18-14(20)4-5-15(21)22/h2-3,6,12-13H,4-5,7-8H2,1H3,(H,21,22)/t12-,13+/m0/s1. The van der Waals surface area contributed by atoms with Crippen molar-refractivity contribution in [1.29, 1.82) is 0 Å². The fraction of sp³-hybridized carbons (Fsp3) is 0.438. The Bertz CT molecular complexity index is 900. The number of aliphatic imine (C=N–C) groups is 1. The van der Waals surface area contributed by atoms with E-state index in [0.717, 1.165) is 5.56 Å². The predicted molar refractivity (Wildman–Crippen MR) is 102 cm³/mol. The van der Waals surface area contributed by atoms with Crippen LogP contribution in [0.15, 0.2) is 23.2 Å². The minimum absolute atomic E-state index is 0.0154. The van der Waals surface area contributed by atoms with Gasteiger partial charge in [-0.1, -0.05) is 29.4 Å². The molecule has 26 heavy (non-hydrogen) atoms. The van der Waals surface area contributed by atoms with Crippen LogP contribution in [-0.2, 0) is 19.4 Å². The Hall–Kier alpha value is -1.58. The highest BCUT2D eigenvalue weighted by atomic mass is 35.5. The molecule has 0 bridgehead atoms. The van der Waals surface area contributed by atoms with Gasteiger partial charge in [0.2, 0.25) is 5.91 Å². The SMILES string of the molecule is Cc1ccc(N2C(=NC(=O)CCC(=O)O)S[C@@H]3CS(=O)(=O)C[C@@H]32)cc1Cl. The number of hydrogen-bond donors (Lipinski definition) is 1. The Morgan fingerprint density at radius 3 is 2.73 bits per heavy atom. The highest BCUT2D eigenvalue weighted by Crippen LogP contribution is 2.41. The van der Waals surface area contributed by atoms with E-state index in [-0.39, 0.29) is 35.6 Å². The summed E-state index contributed by atoms with van der Waals surface area (Å²) in [6.07, 6.45) is -0.493. The van der Waals surface area contributed by atoms with Crippen LogP contribution in [0.25, 0.3) is 0 Å². The lowest BCUT2D eigenvalue weighted by Gasteiger charge is -2.25. The van der Waals surface area contributed by atoms with Crippen molar-refractivity contribution in [3.8, 4) is 0 Å². The molecule has 0 spiro atoms. The Labute approximate surface area is 160 Å². The molecular formula is C16H17ClN2O5S2. The lowest BCUT2D eigenvalue weighted by atomic mass is 10.1. The maximum Gasteiger partial charge on any atom is 0.303 e. The van der Waals surface area contributed by atoms with Gasteiger partial charge in [-0.25, -0.2) is 8.42 Å². The Kier molecular flexibility index (Phi) is 5.32. The minimum atomic E-state index is -3.15. The van der Waals surface area contributed by atoms with Crippen molar-refractivity contribution in [2.75, 3.05) is 16.4 Å². The number of halogens is 1. The molecule has 0 saturated carbocycles. The number of sulfone groups is 1. The number of carboxylic acids is 1. The number of carboxylic acid groups (broad SMARTS) is 1. The van der Waals surface area contributed by atoms with Gasteiger partial charge in [-0.15, -0.1) is 0 Å². The third-order valence-electron chi connectivity index (χ3n) is 4.27. The van der Waals surface area contributed by atoms with Crippen molar-refractivity contribution < 1.29 is 23.1 Å². The highest BCUT2D eigenvalue weighted by Gasteiger charge is 2.49. The molecule has 0 aromatic heterocycles. The fourth-order valence-corrected chi connectivity index (χ4v) is 7.08. The molecule has 1 amide bonds. The highest BCUT2D eigenvalue weighted by molar-refractivity contribution is 8.16. The molecule has 2 atom stereocenters. The second-order valence-electron chi connectivity index (χ2n) is 6.29. The van der Waals surface area contributed by atoms with Crippen LogP contribution in [0.2, 0.25) is 5.02 Å². The first-order valence-corrected chi connectivity index (χ1v) is 11.0. The first kappa shape index (κ1) is 19.2. The van der Waals surface area contributed by atoms with Gasteiger partial charge in [-0.3, -0.25) is 9.59 Å². The summed E-state index contributed by atoms with van der Waals surface area (Å²) in [5, 5.41) is 9.41. The Morgan fingerprint density at radius 1 is 1.35 bits per heavy atom. The van der Waals surface area contributed by atoms with Gasteiger partial charge in [0.25, 0.3) is 0 Å². The number of aliphatic carboxylic acids is 1. The van der Waals surface area contributed by atoms with Crippen LogP contribution in [0.1, 0.15) is 18.4 Å². The average Bonchev–Trinajstić information content (AvgIpc) is 2.99. The zero-order valence-electron chi connectivity index (χ0n) is 13.9. The number of benzene rings is 1. The third-order valence-corrected chi connectivity index (χ3v) is 7.89. The van der Waals surface area contributed by atoms with Crippen LogP contribution < -0.4 is 4.90 Å². The number of anilines is 1. The van der Waals surface area contributed by atoms with E-state index in [1.165, 1.54) is 11.8 Å². The Balaban J connectivity index is 1.94. The molecule has 2 heterocycles. The number of nitrogens with zero attached hydrogens (tertiary/aromatic N) is 2. The minimum Gasteiger partial charge on any atom is -0.481 e. The van der Waals surface area contributed by atoms with Gasteiger partial charge in [0.05, 0.1) is 24.0 Å². The molecule has 1 aromatic rings. The van der Waals surface area contributed by atoms with Crippen LogP contribution >= 0.6 is 23.4 Å². The van der Waals surface area contributed by atoms with Crippen LogP contribution in [-0.4, -0.2) is 53.4 Å². The summed E-state index contributed by atoms with van der Waals surface area (Å²) < 4.78 is 24.0. The van der Waals surface area contributed by atoms with Crippen LogP contribution in [0.5, 0.6) is 0 Å². The molecule has 140 valence electrons. The maximum atomic E-state index is 12.0. The van der Waals surface area contributed by atoms with Crippen LogP contribution in [0.4, 0.5) is 5.69 Å².